The van der Waals surface area contributed by atoms with Crippen LogP contribution in [-0.4, -0.2) is 16.2 Å². The normalized spacial score (nSPS) is 30.2. The van der Waals surface area contributed by atoms with Gasteiger partial charge in [-0.3, -0.25) is 4.79 Å². The zero-order chi connectivity index (χ0) is 8.27. The lowest BCUT2D eigenvalue weighted by molar-refractivity contribution is -0.123. The molecule has 0 aromatic heterocycles. The van der Waals surface area contributed by atoms with E-state index in [1.54, 1.807) is 18.0 Å². The van der Waals surface area contributed by atoms with Crippen LogP contribution in [0.2, 0.25) is 0 Å². The second-order valence-electron chi connectivity index (χ2n) is 2.42. The van der Waals surface area contributed by atoms with Gasteiger partial charge in [-0.2, -0.15) is 12.6 Å². The fourth-order valence-electron chi connectivity index (χ4n) is 0.958. The maximum Gasteiger partial charge on any atom is 0.228 e. The Bertz CT molecular complexity index is 181. The van der Waals surface area contributed by atoms with Crippen molar-refractivity contribution in [2.45, 2.75) is 12.2 Å². The van der Waals surface area contributed by atoms with Gasteiger partial charge in [-0.25, -0.2) is 0 Å². The molecule has 1 amide bonds. The lowest BCUT2D eigenvalue weighted by Crippen LogP contribution is -2.34. The smallest absolute Gasteiger partial charge is 0.228 e. The minimum atomic E-state index is 0.0668. The summed E-state index contributed by atoms with van der Waals surface area (Å²) in [5.74, 6) is 0.170. The van der Waals surface area contributed by atoms with E-state index < -0.39 is 0 Å². The number of nitrogens with one attached hydrogen (secondary N) is 1. The molecule has 1 aliphatic rings. The lowest BCUT2D eigenvalue weighted by Gasteiger charge is -2.22. The van der Waals surface area contributed by atoms with Crippen LogP contribution in [0.4, 0.5) is 0 Å². The first kappa shape index (κ1) is 9.00. The average Bonchev–Trinajstić information content (AvgIpc) is 1.99. The van der Waals surface area contributed by atoms with Crippen molar-refractivity contribution in [3.05, 3.63) is 12.3 Å². The van der Waals surface area contributed by atoms with Gasteiger partial charge < -0.3 is 5.32 Å². The van der Waals surface area contributed by atoms with Crippen LogP contribution in [0.25, 0.3) is 0 Å². The van der Waals surface area contributed by atoms with E-state index in [9.17, 15) is 4.79 Å². The van der Waals surface area contributed by atoms with Crippen LogP contribution in [0, 0.1) is 5.92 Å². The van der Waals surface area contributed by atoms with Gasteiger partial charge in [-0.05, 0) is 0 Å². The zero-order valence-electron chi connectivity index (χ0n) is 6.28. The van der Waals surface area contributed by atoms with E-state index >= 15 is 0 Å². The van der Waals surface area contributed by atoms with E-state index in [0.29, 0.717) is 5.25 Å². The molecule has 0 bridgehead atoms. The topological polar surface area (TPSA) is 29.1 Å². The van der Waals surface area contributed by atoms with Gasteiger partial charge in [0.25, 0.3) is 0 Å². The van der Waals surface area contributed by atoms with Gasteiger partial charge in [0.15, 0.2) is 0 Å². The fraction of sp³-hybridized carbons (Fsp3) is 0.571. The second kappa shape index (κ2) is 4.07. The standard InChI is InChI=1S/C7H11NOS2/c1-5-6(11-4-10)2-3-8-7(5)9/h2-3,5-6,10H,4H2,1H3,(H,8,9). The van der Waals surface area contributed by atoms with Gasteiger partial charge in [0.05, 0.1) is 5.92 Å². The Hall–Kier alpha value is -0.0900. The van der Waals surface area contributed by atoms with Crippen LogP contribution < -0.4 is 5.32 Å². The van der Waals surface area contributed by atoms with Gasteiger partial charge in [0, 0.05) is 16.5 Å². The summed E-state index contributed by atoms with van der Waals surface area (Å²) >= 11 is 5.78. The van der Waals surface area contributed by atoms with E-state index in [1.165, 1.54) is 0 Å². The number of rotatable bonds is 2. The summed E-state index contributed by atoms with van der Waals surface area (Å²) in [6.45, 7) is 1.93. The fourth-order valence-corrected chi connectivity index (χ4v) is 2.25. The van der Waals surface area contributed by atoms with Crippen molar-refractivity contribution < 1.29 is 4.79 Å². The molecule has 1 heterocycles. The molecule has 0 aromatic carbocycles. The van der Waals surface area contributed by atoms with Crippen molar-refractivity contribution in [3.63, 3.8) is 0 Å². The Morgan fingerprint density at radius 3 is 3.18 bits per heavy atom. The third kappa shape index (κ3) is 2.17. The van der Waals surface area contributed by atoms with E-state index in [-0.39, 0.29) is 11.8 Å². The molecule has 1 N–H and O–H groups in total. The molecule has 0 radical (unpaired) electrons. The minimum absolute atomic E-state index is 0.0668. The van der Waals surface area contributed by atoms with E-state index in [4.69, 9.17) is 0 Å². The molecular weight excluding hydrogens is 178 g/mol. The number of amides is 1. The van der Waals surface area contributed by atoms with Crippen molar-refractivity contribution in [2.24, 2.45) is 5.92 Å². The molecule has 0 aliphatic carbocycles. The van der Waals surface area contributed by atoms with E-state index in [0.717, 1.165) is 5.08 Å². The van der Waals surface area contributed by atoms with Crippen molar-refractivity contribution >= 4 is 30.3 Å². The summed E-state index contributed by atoms with van der Waals surface area (Å²) in [7, 11) is 0. The Kier molecular flexibility index (Phi) is 3.33. The van der Waals surface area contributed by atoms with Crippen molar-refractivity contribution in [2.75, 3.05) is 5.08 Å². The SMILES string of the molecule is CC1C(=O)NC=CC1SCS. The minimum Gasteiger partial charge on any atom is -0.333 e. The predicted molar refractivity (Wildman–Crippen MR) is 51.7 cm³/mol. The largest absolute Gasteiger partial charge is 0.333 e. The van der Waals surface area contributed by atoms with E-state index in [2.05, 4.69) is 17.9 Å². The molecule has 62 valence electrons. The summed E-state index contributed by atoms with van der Waals surface area (Å²) in [5, 5.41) is 3.71. The first-order valence-corrected chi connectivity index (χ1v) is 5.13. The molecule has 1 aliphatic heterocycles. The zero-order valence-corrected chi connectivity index (χ0v) is 7.99. The van der Waals surface area contributed by atoms with Gasteiger partial charge >= 0.3 is 0 Å². The molecule has 2 atom stereocenters. The second-order valence-corrected chi connectivity index (χ2v) is 4.33. The third-order valence-corrected chi connectivity index (χ3v) is 3.23. The van der Waals surface area contributed by atoms with Crippen molar-refractivity contribution in [3.8, 4) is 0 Å². The molecule has 2 unspecified atom stereocenters. The molecule has 11 heavy (non-hydrogen) atoms. The van der Waals surface area contributed by atoms with Gasteiger partial charge in [-0.15, -0.1) is 11.8 Å². The molecule has 4 heteroatoms. The third-order valence-electron chi connectivity index (χ3n) is 1.68. The maximum absolute atomic E-state index is 11.1. The molecule has 0 aromatic rings. The predicted octanol–water partition coefficient (Wildman–Crippen LogP) is 1.26. The molecular formula is C7H11NOS2. The number of carbonyl (C=O) groups excluding carboxylic acids is 1. The highest BCUT2D eigenvalue weighted by atomic mass is 32.2. The molecule has 0 spiro atoms. The highest BCUT2D eigenvalue weighted by Gasteiger charge is 2.23. The average molecular weight is 189 g/mol. The number of hydrogen-bond acceptors (Lipinski definition) is 3. The summed E-state index contributed by atoms with van der Waals surface area (Å²) in [6, 6.07) is 0. The number of hydrogen-bond donors (Lipinski definition) is 2. The van der Waals surface area contributed by atoms with Crippen LogP contribution in [0.5, 0.6) is 0 Å². The Morgan fingerprint density at radius 1 is 1.82 bits per heavy atom. The maximum atomic E-state index is 11.1. The lowest BCUT2D eigenvalue weighted by atomic mass is 10.0. The van der Waals surface area contributed by atoms with Crippen LogP contribution in [0.15, 0.2) is 12.3 Å². The van der Waals surface area contributed by atoms with E-state index in [1.807, 2.05) is 13.0 Å². The summed E-state index contributed by atoms with van der Waals surface area (Å²) in [5.41, 5.74) is 0. The highest BCUT2D eigenvalue weighted by Crippen LogP contribution is 2.23. The number of thioether (sulfide) groups is 1. The van der Waals surface area contributed by atoms with Gasteiger partial charge in [-0.1, -0.05) is 13.0 Å². The first-order chi connectivity index (χ1) is 5.25. The Labute approximate surface area is 76.2 Å². The van der Waals surface area contributed by atoms with Gasteiger partial charge in [0.1, 0.15) is 0 Å². The molecule has 2 nitrogen and oxygen atoms in total. The van der Waals surface area contributed by atoms with Gasteiger partial charge in [0.2, 0.25) is 5.91 Å². The quantitative estimate of drug-likeness (QED) is 0.506. The molecule has 1 rings (SSSR count). The van der Waals surface area contributed by atoms with Crippen molar-refractivity contribution in [1.82, 2.24) is 5.32 Å². The summed E-state index contributed by atoms with van der Waals surface area (Å²) in [6.07, 6.45) is 3.72. The summed E-state index contributed by atoms with van der Waals surface area (Å²) < 4.78 is 0. The van der Waals surface area contributed by atoms with Crippen LogP contribution in [-0.2, 0) is 4.79 Å². The number of carbonyl (C=O) groups is 1. The monoisotopic (exact) mass is 189 g/mol. The molecule has 0 saturated carbocycles. The molecule has 0 saturated heterocycles. The molecule has 0 fully saturated rings. The Morgan fingerprint density at radius 2 is 2.55 bits per heavy atom. The van der Waals surface area contributed by atoms with Crippen LogP contribution in [0.3, 0.4) is 0 Å². The van der Waals surface area contributed by atoms with Crippen molar-refractivity contribution in [1.29, 1.82) is 0 Å². The summed E-state index contributed by atoms with van der Waals surface area (Å²) in [4.78, 5) is 11.1. The Balaban J connectivity index is 2.57. The van der Waals surface area contributed by atoms with Crippen LogP contribution in [0.1, 0.15) is 6.92 Å². The van der Waals surface area contributed by atoms with Crippen LogP contribution >= 0.6 is 24.4 Å². The first-order valence-electron chi connectivity index (χ1n) is 3.45. The number of thiol groups is 1. The highest BCUT2D eigenvalue weighted by molar-refractivity contribution is 8.09.